The zero-order chi connectivity index (χ0) is 17.9. The monoisotopic (exact) mass is 336 g/mol. The van der Waals surface area contributed by atoms with Gasteiger partial charge in [0.2, 0.25) is 0 Å². The van der Waals surface area contributed by atoms with Crippen molar-refractivity contribution in [1.29, 1.82) is 0 Å². The molecule has 0 saturated carbocycles. The summed E-state index contributed by atoms with van der Waals surface area (Å²) < 4.78 is 1.81. The minimum Gasteiger partial charge on any atom is -0.396 e. The van der Waals surface area contributed by atoms with Gasteiger partial charge in [-0.1, -0.05) is 13.8 Å². The molecule has 136 valence electrons. The molecule has 0 spiro atoms. The summed E-state index contributed by atoms with van der Waals surface area (Å²) in [4.78, 5) is 17.1. The van der Waals surface area contributed by atoms with Crippen molar-refractivity contribution in [1.82, 2.24) is 19.6 Å². The van der Waals surface area contributed by atoms with Gasteiger partial charge in [0.15, 0.2) is 0 Å². The fraction of sp³-hybridized carbons (Fsp3) is 0.778. The highest BCUT2D eigenvalue weighted by molar-refractivity contribution is 5.92. The molecule has 2 atom stereocenters. The summed E-state index contributed by atoms with van der Waals surface area (Å²) in [5.74, 6) is 0.906. The minimum atomic E-state index is 0.0400. The Morgan fingerprint density at radius 3 is 2.58 bits per heavy atom. The number of aryl methyl sites for hydroxylation is 1. The molecule has 24 heavy (non-hydrogen) atoms. The first-order valence-corrected chi connectivity index (χ1v) is 8.98. The number of aliphatic hydroxyl groups excluding tert-OH is 1. The van der Waals surface area contributed by atoms with E-state index in [1.165, 1.54) is 0 Å². The molecule has 6 heteroatoms. The van der Waals surface area contributed by atoms with Crippen molar-refractivity contribution in [2.24, 2.45) is 11.8 Å². The Kier molecular flexibility index (Phi) is 6.40. The van der Waals surface area contributed by atoms with Crippen molar-refractivity contribution in [3.63, 3.8) is 0 Å². The molecule has 1 fully saturated rings. The van der Waals surface area contributed by atoms with Gasteiger partial charge in [-0.25, -0.2) is 0 Å². The highest BCUT2D eigenvalue weighted by Crippen LogP contribution is 2.24. The first-order chi connectivity index (χ1) is 11.3. The molecule has 0 bridgehead atoms. The van der Waals surface area contributed by atoms with Crippen LogP contribution in [0.3, 0.4) is 0 Å². The van der Waals surface area contributed by atoms with E-state index in [9.17, 15) is 9.90 Å². The first-order valence-electron chi connectivity index (χ1n) is 8.98. The summed E-state index contributed by atoms with van der Waals surface area (Å²) in [7, 11) is 4.10. The van der Waals surface area contributed by atoms with Gasteiger partial charge in [-0.05, 0) is 51.3 Å². The molecule has 0 aromatic carbocycles. The maximum atomic E-state index is 13.1. The lowest BCUT2D eigenvalue weighted by Crippen LogP contribution is -2.47. The summed E-state index contributed by atoms with van der Waals surface area (Å²) in [6, 6.07) is 1.93. The Balaban J connectivity index is 2.20. The van der Waals surface area contributed by atoms with Crippen LogP contribution in [-0.2, 0) is 6.54 Å². The van der Waals surface area contributed by atoms with Gasteiger partial charge in [0, 0.05) is 32.8 Å². The first kappa shape index (κ1) is 18.9. The van der Waals surface area contributed by atoms with Gasteiger partial charge in [0.25, 0.3) is 5.91 Å². The summed E-state index contributed by atoms with van der Waals surface area (Å²) in [6.07, 6.45) is 0.975. The third-order valence-corrected chi connectivity index (χ3v) is 4.70. The van der Waals surface area contributed by atoms with Gasteiger partial charge in [0.1, 0.15) is 5.69 Å². The number of amides is 1. The summed E-state index contributed by atoms with van der Waals surface area (Å²) in [6.45, 7) is 9.33. The summed E-state index contributed by atoms with van der Waals surface area (Å²) in [5.41, 5.74) is 1.63. The van der Waals surface area contributed by atoms with E-state index in [4.69, 9.17) is 0 Å². The number of hydrogen-bond donors (Lipinski definition) is 1. The molecule has 1 saturated heterocycles. The second kappa shape index (κ2) is 8.12. The van der Waals surface area contributed by atoms with Gasteiger partial charge in [-0.3, -0.25) is 9.48 Å². The number of piperidine rings is 1. The number of rotatable bonds is 6. The lowest BCUT2D eigenvalue weighted by molar-refractivity contribution is 0.0467. The zero-order valence-electron chi connectivity index (χ0n) is 15.7. The van der Waals surface area contributed by atoms with E-state index in [1.807, 2.05) is 17.9 Å². The van der Waals surface area contributed by atoms with Crippen molar-refractivity contribution >= 4 is 5.91 Å². The van der Waals surface area contributed by atoms with Gasteiger partial charge >= 0.3 is 0 Å². The normalized spacial score (nSPS) is 21.8. The number of aromatic nitrogens is 2. The Morgan fingerprint density at radius 1 is 1.38 bits per heavy atom. The molecule has 1 aliphatic rings. The molecule has 2 rings (SSSR count). The van der Waals surface area contributed by atoms with E-state index in [1.54, 1.807) is 4.68 Å². The Labute approximate surface area is 145 Å². The summed E-state index contributed by atoms with van der Waals surface area (Å²) >= 11 is 0. The summed E-state index contributed by atoms with van der Waals surface area (Å²) in [5, 5.41) is 14.2. The van der Waals surface area contributed by atoms with Crippen LogP contribution in [0.2, 0.25) is 0 Å². The number of likely N-dealkylation sites (tertiary alicyclic amines) is 1. The van der Waals surface area contributed by atoms with Crippen molar-refractivity contribution in [2.45, 2.75) is 39.7 Å². The molecule has 1 N–H and O–H groups in total. The van der Waals surface area contributed by atoms with Crippen LogP contribution in [0, 0.1) is 11.8 Å². The Morgan fingerprint density at radius 2 is 2.04 bits per heavy atom. The van der Waals surface area contributed by atoms with Gasteiger partial charge in [-0.2, -0.15) is 5.10 Å². The molecule has 0 aliphatic carbocycles. The molecule has 2 heterocycles. The standard InChI is InChI=1S/C18H32N4O2/c1-6-22-17(8-16(19-22)13(2)3)18(24)21-10-14(9-20(4)5)7-15(11-21)12-23/h8,13-15,23H,6-7,9-12H2,1-5H3/t14-,15+/m0/s1. The Hall–Kier alpha value is -1.40. The predicted molar refractivity (Wildman–Crippen MR) is 95.1 cm³/mol. The fourth-order valence-corrected chi connectivity index (χ4v) is 3.56. The van der Waals surface area contributed by atoms with Crippen molar-refractivity contribution in [3.8, 4) is 0 Å². The van der Waals surface area contributed by atoms with Crippen molar-refractivity contribution < 1.29 is 9.90 Å². The Bertz CT molecular complexity index is 553. The van der Waals surface area contributed by atoms with Crippen LogP contribution in [0.5, 0.6) is 0 Å². The maximum Gasteiger partial charge on any atom is 0.272 e. The van der Waals surface area contributed by atoms with Gasteiger partial charge < -0.3 is 14.9 Å². The van der Waals surface area contributed by atoms with E-state index < -0.39 is 0 Å². The lowest BCUT2D eigenvalue weighted by Gasteiger charge is -2.38. The predicted octanol–water partition coefficient (Wildman–Crippen LogP) is 1.66. The minimum absolute atomic E-state index is 0.0400. The topological polar surface area (TPSA) is 61.6 Å². The van der Waals surface area contributed by atoms with Gasteiger partial charge in [-0.15, -0.1) is 0 Å². The van der Waals surface area contributed by atoms with E-state index in [2.05, 4.69) is 37.9 Å². The molecule has 1 amide bonds. The van der Waals surface area contributed by atoms with Crippen LogP contribution >= 0.6 is 0 Å². The highest BCUT2D eigenvalue weighted by atomic mass is 16.3. The third-order valence-electron chi connectivity index (χ3n) is 4.70. The number of carbonyl (C=O) groups excluding carboxylic acids is 1. The number of aliphatic hydroxyl groups is 1. The molecule has 1 aromatic heterocycles. The third kappa shape index (κ3) is 4.36. The molecule has 0 radical (unpaired) electrons. The lowest BCUT2D eigenvalue weighted by atomic mass is 9.89. The number of carbonyl (C=O) groups is 1. The maximum absolute atomic E-state index is 13.1. The fourth-order valence-electron chi connectivity index (χ4n) is 3.56. The molecule has 1 aromatic rings. The van der Waals surface area contributed by atoms with E-state index in [0.29, 0.717) is 30.6 Å². The smallest absolute Gasteiger partial charge is 0.272 e. The van der Waals surface area contributed by atoms with Crippen LogP contribution in [0.1, 0.15) is 49.3 Å². The van der Waals surface area contributed by atoms with Crippen LogP contribution in [0.4, 0.5) is 0 Å². The molecular weight excluding hydrogens is 304 g/mol. The second-order valence-electron chi connectivity index (χ2n) is 7.55. The molecular formula is C18H32N4O2. The zero-order valence-corrected chi connectivity index (χ0v) is 15.7. The molecule has 1 aliphatic heterocycles. The largest absolute Gasteiger partial charge is 0.396 e. The van der Waals surface area contributed by atoms with Crippen LogP contribution in [0.25, 0.3) is 0 Å². The van der Waals surface area contributed by atoms with E-state index >= 15 is 0 Å². The second-order valence-corrected chi connectivity index (χ2v) is 7.55. The van der Waals surface area contributed by atoms with E-state index in [-0.39, 0.29) is 18.4 Å². The van der Waals surface area contributed by atoms with Crippen molar-refractivity contribution in [2.75, 3.05) is 40.3 Å². The number of nitrogens with zero attached hydrogens (tertiary/aromatic N) is 4. The SMILES string of the molecule is CCn1nc(C(C)C)cc1C(=O)N1C[C@H](CO)C[C@@H](CN(C)C)C1. The van der Waals surface area contributed by atoms with E-state index in [0.717, 1.165) is 25.2 Å². The molecule has 6 nitrogen and oxygen atoms in total. The van der Waals surface area contributed by atoms with Crippen LogP contribution < -0.4 is 0 Å². The van der Waals surface area contributed by atoms with Crippen LogP contribution in [0.15, 0.2) is 6.07 Å². The molecule has 0 unspecified atom stereocenters. The average molecular weight is 336 g/mol. The number of hydrogen-bond acceptors (Lipinski definition) is 4. The van der Waals surface area contributed by atoms with Gasteiger partial charge in [0.05, 0.1) is 5.69 Å². The quantitative estimate of drug-likeness (QED) is 0.858. The van der Waals surface area contributed by atoms with Crippen molar-refractivity contribution in [3.05, 3.63) is 17.5 Å². The van der Waals surface area contributed by atoms with Crippen LogP contribution in [-0.4, -0.2) is 70.9 Å². The highest BCUT2D eigenvalue weighted by Gasteiger charge is 2.32. The average Bonchev–Trinajstić information content (AvgIpc) is 2.97.